The minimum absolute atomic E-state index is 0.0211. The molecule has 82 valence electrons. The molecule has 1 aromatic heterocycles. The maximum absolute atomic E-state index is 5.39. The van der Waals surface area contributed by atoms with Gasteiger partial charge in [-0.3, -0.25) is 0 Å². The van der Waals surface area contributed by atoms with Crippen LogP contribution >= 0.6 is 0 Å². The third kappa shape index (κ3) is 2.45. The van der Waals surface area contributed by atoms with E-state index in [9.17, 15) is 0 Å². The Morgan fingerprint density at radius 2 is 2.20 bits per heavy atom. The predicted molar refractivity (Wildman–Crippen MR) is 59.0 cm³/mol. The molecule has 0 spiro atoms. The van der Waals surface area contributed by atoms with E-state index in [2.05, 4.69) is 22.2 Å². The van der Waals surface area contributed by atoms with E-state index in [0.717, 1.165) is 37.0 Å². The van der Waals surface area contributed by atoms with E-state index in [1.54, 1.807) is 0 Å². The fourth-order valence-electron chi connectivity index (χ4n) is 1.86. The molecule has 1 unspecified atom stereocenters. The first-order chi connectivity index (χ1) is 7.07. The quantitative estimate of drug-likeness (QED) is 0.801. The van der Waals surface area contributed by atoms with Gasteiger partial charge in [-0.05, 0) is 27.2 Å². The molecule has 4 nitrogen and oxygen atoms in total. The molecule has 0 aromatic carbocycles. The largest absolute Gasteiger partial charge is 0.379 e. The first-order valence-electron chi connectivity index (χ1n) is 5.26. The lowest BCUT2D eigenvalue weighted by Crippen LogP contribution is -2.35. The van der Waals surface area contributed by atoms with Crippen LogP contribution in [0.4, 0.5) is 5.82 Å². The van der Waals surface area contributed by atoms with Crippen LogP contribution in [0.1, 0.15) is 24.9 Å². The number of anilines is 1. The lowest BCUT2D eigenvalue weighted by molar-refractivity contribution is 0.185. The van der Waals surface area contributed by atoms with Gasteiger partial charge in [-0.25, -0.2) is 9.97 Å². The van der Waals surface area contributed by atoms with Crippen molar-refractivity contribution in [2.75, 3.05) is 18.5 Å². The zero-order valence-electron chi connectivity index (χ0n) is 9.50. The Balaban J connectivity index is 2.16. The summed E-state index contributed by atoms with van der Waals surface area (Å²) in [6.45, 7) is 7.62. The molecule has 1 saturated heterocycles. The predicted octanol–water partition coefficient (Wildman–Crippen LogP) is 1.68. The summed E-state index contributed by atoms with van der Waals surface area (Å²) in [4.78, 5) is 8.61. The number of aryl methyl sites for hydroxylation is 2. The molecule has 1 aliphatic rings. The minimum atomic E-state index is 0.0211. The maximum Gasteiger partial charge on any atom is 0.130 e. The molecule has 0 saturated carbocycles. The zero-order valence-corrected chi connectivity index (χ0v) is 9.50. The maximum atomic E-state index is 5.39. The Labute approximate surface area is 90.1 Å². The second-order valence-corrected chi connectivity index (χ2v) is 4.43. The molecular weight excluding hydrogens is 190 g/mol. The van der Waals surface area contributed by atoms with Gasteiger partial charge in [0.25, 0.3) is 0 Å². The van der Waals surface area contributed by atoms with E-state index in [-0.39, 0.29) is 5.54 Å². The van der Waals surface area contributed by atoms with Crippen molar-refractivity contribution in [3.8, 4) is 0 Å². The van der Waals surface area contributed by atoms with Crippen LogP contribution in [0, 0.1) is 13.8 Å². The van der Waals surface area contributed by atoms with Gasteiger partial charge in [0.1, 0.15) is 11.6 Å². The van der Waals surface area contributed by atoms with Crippen LogP contribution in [0.15, 0.2) is 6.07 Å². The van der Waals surface area contributed by atoms with Crippen molar-refractivity contribution in [2.24, 2.45) is 0 Å². The molecule has 0 bridgehead atoms. The average molecular weight is 207 g/mol. The van der Waals surface area contributed by atoms with E-state index in [1.807, 2.05) is 19.9 Å². The number of hydrogen-bond acceptors (Lipinski definition) is 4. The van der Waals surface area contributed by atoms with Crippen molar-refractivity contribution >= 4 is 5.82 Å². The fourth-order valence-corrected chi connectivity index (χ4v) is 1.86. The molecule has 4 heteroatoms. The van der Waals surface area contributed by atoms with E-state index < -0.39 is 0 Å². The SMILES string of the molecule is Cc1cc(NC2(C)CCOC2)nc(C)n1. The molecule has 1 aliphatic heterocycles. The lowest BCUT2D eigenvalue weighted by Gasteiger charge is -2.24. The molecule has 0 radical (unpaired) electrons. The highest BCUT2D eigenvalue weighted by molar-refractivity contribution is 5.39. The molecule has 1 fully saturated rings. The molecule has 1 N–H and O–H groups in total. The number of hydrogen-bond donors (Lipinski definition) is 1. The molecule has 1 atom stereocenters. The Morgan fingerprint density at radius 3 is 2.80 bits per heavy atom. The average Bonchev–Trinajstić information content (AvgIpc) is 2.49. The number of nitrogens with zero attached hydrogens (tertiary/aromatic N) is 2. The second-order valence-electron chi connectivity index (χ2n) is 4.43. The fraction of sp³-hybridized carbons (Fsp3) is 0.636. The van der Waals surface area contributed by atoms with Crippen LogP contribution in [0.25, 0.3) is 0 Å². The van der Waals surface area contributed by atoms with Gasteiger partial charge in [0.05, 0.1) is 12.1 Å². The number of aromatic nitrogens is 2. The van der Waals surface area contributed by atoms with Gasteiger partial charge in [-0.15, -0.1) is 0 Å². The van der Waals surface area contributed by atoms with Crippen LogP contribution in [0.3, 0.4) is 0 Å². The summed E-state index contributed by atoms with van der Waals surface area (Å²) in [6, 6.07) is 1.97. The summed E-state index contributed by atoms with van der Waals surface area (Å²) in [7, 11) is 0. The van der Waals surface area contributed by atoms with Crippen LogP contribution in [0.2, 0.25) is 0 Å². The van der Waals surface area contributed by atoms with Crippen LogP contribution in [-0.2, 0) is 4.74 Å². The van der Waals surface area contributed by atoms with Gasteiger partial charge < -0.3 is 10.1 Å². The zero-order chi connectivity index (χ0) is 10.9. The molecule has 15 heavy (non-hydrogen) atoms. The van der Waals surface area contributed by atoms with Crippen LogP contribution in [-0.4, -0.2) is 28.7 Å². The Kier molecular flexibility index (Phi) is 2.61. The highest BCUT2D eigenvalue weighted by atomic mass is 16.5. The molecule has 2 rings (SSSR count). The van der Waals surface area contributed by atoms with E-state index >= 15 is 0 Å². The smallest absolute Gasteiger partial charge is 0.130 e. The third-order valence-electron chi connectivity index (χ3n) is 2.61. The van der Waals surface area contributed by atoms with E-state index in [1.165, 1.54) is 0 Å². The summed E-state index contributed by atoms with van der Waals surface area (Å²) in [5.41, 5.74) is 1.01. The monoisotopic (exact) mass is 207 g/mol. The number of ether oxygens (including phenoxy) is 1. The summed E-state index contributed by atoms with van der Waals surface area (Å²) < 4.78 is 5.39. The van der Waals surface area contributed by atoms with Gasteiger partial charge in [0.2, 0.25) is 0 Å². The van der Waals surface area contributed by atoms with Crippen molar-refractivity contribution in [3.05, 3.63) is 17.6 Å². The van der Waals surface area contributed by atoms with Crippen molar-refractivity contribution in [2.45, 2.75) is 32.7 Å². The van der Waals surface area contributed by atoms with Crippen molar-refractivity contribution in [3.63, 3.8) is 0 Å². The summed E-state index contributed by atoms with van der Waals surface area (Å²) >= 11 is 0. The van der Waals surface area contributed by atoms with Crippen molar-refractivity contribution in [1.82, 2.24) is 9.97 Å². The molecule has 0 aliphatic carbocycles. The summed E-state index contributed by atoms with van der Waals surface area (Å²) in [6.07, 6.45) is 1.02. The summed E-state index contributed by atoms with van der Waals surface area (Å²) in [5, 5.41) is 3.42. The standard InChI is InChI=1S/C11H17N3O/c1-8-6-10(13-9(2)12-8)14-11(3)4-5-15-7-11/h6H,4-5,7H2,1-3H3,(H,12,13,14). The van der Waals surface area contributed by atoms with E-state index in [0.29, 0.717) is 0 Å². The lowest BCUT2D eigenvalue weighted by atomic mass is 10.0. The van der Waals surface area contributed by atoms with Gasteiger partial charge in [0.15, 0.2) is 0 Å². The van der Waals surface area contributed by atoms with Crippen molar-refractivity contribution < 1.29 is 4.74 Å². The first kappa shape index (κ1) is 10.4. The highest BCUT2D eigenvalue weighted by Crippen LogP contribution is 2.22. The van der Waals surface area contributed by atoms with Gasteiger partial charge in [-0.1, -0.05) is 0 Å². The Hall–Kier alpha value is -1.16. The van der Waals surface area contributed by atoms with Crippen LogP contribution < -0.4 is 5.32 Å². The normalized spacial score (nSPS) is 25.5. The first-order valence-corrected chi connectivity index (χ1v) is 5.26. The Morgan fingerprint density at radius 1 is 1.40 bits per heavy atom. The summed E-state index contributed by atoms with van der Waals surface area (Å²) in [5.74, 6) is 1.70. The third-order valence-corrected chi connectivity index (χ3v) is 2.61. The van der Waals surface area contributed by atoms with E-state index in [4.69, 9.17) is 4.74 Å². The Bertz CT molecular complexity index is 339. The molecule has 1 aromatic rings. The topological polar surface area (TPSA) is 47.0 Å². The minimum Gasteiger partial charge on any atom is -0.379 e. The molecule has 0 amide bonds. The molecular formula is C11H17N3O. The van der Waals surface area contributed by atoms with Crippen LogP contribution in [0.5, 0.6) is 0 Å². The molecule has 2 heterocycles. The van der Waals surface area contributed by atoms with Crippen molar-refractivity contribution in [1.29, 1.82) is 0 Å². The van der Waals surface area contributed by atoms with Gasteiger partial charge in [-0.2, -0.15) is 0 Å². The number of nitrogens with one attached hydrogen (secondary N) is 1. The highest BCUT2D eigenvalue weighted by Gasteiger charge is 2.29. The number of rotatable bonds is 2. The van der Waals surface area contributed by atoms with Gasteiger partial charge in [0, 0.05) is 18.4 Å². The second kappa shape index (κ2) is 3.77. The van der Waals surface area contributed by atoms with Gasteiger partial charge >= 0.3 is 0 Å².